The first-order valence-electron chi connectivity index (χ1n) is 8.16. The highest BCUT2D eigenvalue weighted by molar-refractivity contribution is 5.31. The van der Waals surface area contributed by atoms with Crippen molar-refractivity contribution in [3.63, 3.8) is 0 Å². The van der Waals surface area contributed by atoms with Gasteiger partial charge in [-0.25, -0.2) is 0 Å². The second-order valence-electron chi connectivity index (χ2n) is 6.86. The third-order valence-corrected chi connectivity index (χ3v) is 4.77. The average molecular weight is 289 g/mol. The van der Waals surface area contributed by atoms with Crippen LogP contribution in [0, 0.1) is 19.8 Å². The molecular formula is C18H31N3. The van der Waals surface area contributed by atoms with Crippen molar-refractivity contribution >= 4 is 0 Å². The van der Waals surface area contributed by atoms with Gasteiger partial charge in [-0.1, -0.05) is 29.3 Å². The molecule has 1 heterocycles. The van der Waals surface area contributed by atoms with Gasteiger partial charge in [-0.2, -0.15) is 0 Å². The summed E-state index contributed by atoms with van der Waals surface area (Å²) < 4.78 is 0. The number of hydrogen-bond donors (Lipinski definition) is 1. The lowest BCUT2D eigenvalue weighted by Gasteiger charge is -2.35. The summed E-state index contributed by atoms with van der Waals surface area (Å²) in [6.07, 6.45) is 2.62. The molecule has 1 aliphatic rings. The Hall–Kier alpha value is -0.900. The van der Waals surface area contributed by atoms with Crippen LogP contribution in [0.15, 0.2) is 18.2 Å². The maximum Gasteiger partial charge on any atom is 0.0467 e. The minimum absolute atomic E-state index is 0.336. The van der Waals surface area contributed by atoms with Gasteiger partial charge in [0.25, 0.3) is 0 Å². The molecule has 0 aromatic heterocycles. The average Bonchev–Trinajstić information content (AvgIpc) is 2.41. The molecule has 1 aromatic carbocycles. The van der Waals surface area contributed by atoms with Crippen molar-refractivity contribution in [2.45, 2.75) is 32.7 Å². The monoisotopic (exact) mass is 289 g/mol. The van der Waals surface area contributed by atoms with E-state index in [0.717, 1.165) is 12.5 Å². The van der Waals surface area contributed by atoms with Crippen molar-refractivity contribution in [1.29, 1.82) is 0 Å². The van der Waals surface area contributed by atoms with E-state index in [-0.39, 0.29) is 0 Å². The zero-order valence-corrected chi connectivity index (χ0v) is 14.1. The van der Waals surface area contributed by atoms with Crippen molar-refractivity contribution in [3.05, 3.63) is 34.9 Å². The van der Waals surface area contributed by atoms with Gasteiger partial charge >= 0.3 is 0 Å². The molecule has 1 aromatic rings. The summed E-state index contributed by atoms with van der Waals surface area (Å²) in [6, 6.07) is 7.14. The second kappa shape index (κ2) is 7.39. The van der Waals surface area contributed by atoms with E-state index >= 15 is 0 Å². The van der Waals surface area contributed by atoms with E-state index in [4.69, 9.17) is 5.73 Å². The number of rotatable bonds is 5. The first kappa shape index (κ1) is 16.5. The molecule has 3 heteroatoms. The Morgan fingerprint density at radius 3 is 2.29 bits per heavy atom. The van der Waals surface area contributed by atoms with Crippen LogP contribution in [-0.2, 0) is 0 Å². The number of hydrogen-bond acceptors (Lipinski definition) is 3. The van der Waals surface area contributed by atoms with Crippen molar-refractivity contribution in [2.24, 2.45) is 11.7 Å². The van der Waals surface area contributed by atoms with Crippen LogP contribution >= 0.6 is 0 Å². The largest absolute Gasteiger partial charge is 0.329 e. The summed E-state index contributed by atoms with van der Waals surface area (Å²) >= 11 is 0. The van der Waals surface area contributed by atoms with E-state index in [0.29, 0.717) is 12.6 Å². The molecule has 0 aliphatic carbocycles. The van der Waals surface area contributed by atoms with Crippen LogP contribution in [0.25, 0.3) is 0 Å². The highest BCUT2D eigenvalue weighted by Crippen LogP contribution is 2.24. The molecule has 1 fully saturated rings. The summed E-state index contributed by atoms with van der Waals surface area (Å²) in [5, 5.41) is 0. The second-order valence-corrected chi connectivity index (χ2v) is 6.86. The minimum Gasteiger partial charge on any atom is -0.329 e. The molecule has 21 heavy (non-hydrogen) atoms. The smallest absolute Gasteiger partial charge is 0.0467 e. The quantitative estimate of drug-likeness (QED) is 0.904. The molecule has 1 saturated heterocycles. The molecule has 0 spiro atoms. The molecule has 2 N–H and O–H groups in total. The van der Waals surface area contributed by atoms with Gasteiger partial charge in [0.15, 0.2) is 0 Å². The maximum absolute atomic E-state index is 6.08. The molecule has 0 amide bonds. The fourth-order valence-corrected chi connectivity index (χ4v) is 3.55. The molecule has 3 nitrogen and oxygen atoms in total. The van der Waals surface area contributed by atoms with Gasteiger partial charge < -0.3 is 10.6 Å². The van der Waals surface area contributed by atoms with Crippen molar-refractivity contribution in [3.8, 4) is 0 Å². The van der Waals surface area contributed by atoms with Gasteiger partial charge in [0.2, 0.25) is 0 Å². The summed E-state index contributed by atoms with van der Waals surface area (Å²) in [4.78, 5) is 4.89. The lowest BCUT2D eigenvalue weighted by atomic mass is 9.94. The van der Waals surface area contributed by atoms with Gasteiger partial charge in [0.1, 0.15) is 0 Å². The molecular weight excluding hydrogens is 258 g/mol. The standard InChI is InChI=1S/C18H31N3/c1-14-9-15(2)11-17(10-14)18(12-19)21(4)13-16-5-7-20(3)8-6-16/h9-11,16,18H,5-8,12-13,19H2,1-4H3. The fourth-order valence-electron chi connectivity index (χ4n) is 3.55. The van der Waals surface area contributed by atoms with Crippen LogP contribution in [0.3, 0.4) is 0 Å². The maximum atomic E-state index is 6.08. The van der Waals surface area contributed by atoms with E-state index in [2.05, 4.69) is 55.9 Å². The lowest BCUT2D eigenvalue weighted by Crippen LogP contribution is -2.38. The van der Waals surface area contributed by atoms with Crippen LogP contribution < -0.4 is 5.73 Å². The van der Waals surface area contributed by atoms with Gasteiger partial charge in [0, 0.05) is 19.1 Å². The number of aryl methyl sites for hydroxylation is 2. The molecule has 1 atom stereocenters. The zero-order chi connectivity index (χ0) is 15.4. The normalized spacial score (nSPS) is 19.1. The van der Waals surface area contributed by atoms with Crippen LogP contribution in [0.1, 0.15) is 35.6 Å². The van der Waals surface area contributed by atoms with E-state index < -0.39 is 0 Å². The van der Waals surface area contributed by atoms with Crippen LogP contribution in [0.5, 0.6) is 0 Å². The molecule has 118 valence electrons. The van der Waals surface area contributed by atoms with Crippen molar-refractivity contribution in [2.75, 3.05) is 40.3 Å². The van der Waals surface area contributed by atoms with Crippen LogP contribution in [0.2, 0.25) is 0 Å². The van der Waals surface area contributed by atoms with E-state index in [1.807, 2.05) is 0 Å². The first-order valence-corrected chi connectivity index (χ1v) is 8.16. The Morgan fingerprint density at radius 2 is 1.76 bits per heavy atom. The molecule has 0 bridgehead atoms. The number of nitrogens with two attached hydrogens (primary N) is 1. The van der Waals surface area contributed by atoms with Crippen molar-refractivity contribution < 1.29 is 0 Å². The van der Waals surface area contributed by atoms with Gasteiger partial charge in [-0.3, -0.25) is 4.90 Å². The minimum atomic E-state index is 0.336. The number of nitrogens with zero attached hydrogens (tertiary/aromatic N) is 2. The predicted octanol–water partition coefficient (Wildman–Crippen LogP) is 2.58. The van der Waals surface area contributed by atoms with Crippen LogP contribution in [0.4, 0.5) is 0 Å². The van der Waals surface area contributed by atoms with Gasteiger partial charge in [-0.15, -0.1) is 0 Å². The summed E-state index contributed by atoms with van der Waals surface area (Å²) in [7, 11) is 4.45. The Balaban J connectivity index is 2.02. The predicted molar refractivity (Wildman–Crippen MR) is 90.6 cm³/mol. The Labute approximate surface area is 130 Å². The SMILES string of the molecule is Cc1cc(C)cc(C(CN)N(C)CC2CCN(C)CC2)c1. The van der Waals surface area contributed by atoms with Crippen LogP contribution in [-0.4, -0.2) is 50.1 Å². The number of piperidine rings is 1. The highest BCUT2D eigenvalue weighted by Gasteiger charge is 2.22. The molecule has 1 aliphatic heterocycles. The third kappa shape index (κ3) is 4.53. The number of likely N-dealkylation sites (tertiary alicyclic amines) is 1. The van der Waals surface area contributed by atoms with Gasteiger partial charge in [-0.05, 0) is 65.4 Å². The topological polar surface area (TPSA) is 32.5 Å². The summed E-state index contributed by atoms with van der Waals surface area (Å²) in [5.74, 6) is 0.811. The van der Waals surface area contributed by atoms with E-state index in [9.17, 15) is 0 Å². The number of benzene rings is 1. The Bertz CT molecular complexity index is 430. The molecule has 2 rings (SSSR count). The molecule has 0 radical (unpaired) electrons. The lowest BCUT2D eigenvalue weighted by molar-refractivity contribution is 0.151. The van der Waals surface area contributed by atoms with Crippen molar-refractivity contribution in [1.82, 2.24) is 9.80 Å². The zero-order valence-electron chi connectivity index (χ0n) is 14.1. The molecule has 1 unspecified atom stereocenters. The molecule has 0 saturated carbocycles. The van der Waals surface area contributed by atoms with E-state index in [1.165, 1.54) is 42.6 Å². The number of likely N-dealkylation sites (N-methyl/N-ethyl adjacent to an activating group) is 1. The fraction of sp³-hybridized carbons (Fsp3) is 0.667. The van der Waals surface area contributed by atoms with Gasteiger partial charge in [0.05, 0.1) is 0 Å². The Kier molecular flexibility index (Phi) is 5.80. The first-order chi connectivity index (χ1) is 9.99. The van der Waals surface area contributed by atoms with E-state index in [1.54, 1.807) is 0 Å². The highest BCUT2D eigenvalue weighted by atomic mass is 15.1. The third-order valence-electron chi connectivity index (χ3n) is 4.77. The summed E-state index contributed by atoms with van der Waals surface area (Å²) in [5.41, 5.74) is 10.1. The summed E-state index contributed by atoms with van der Waals surface area (Å²) in [6.45, 7) is 8.64. The Morgan fingerprint density at radius 1 is 1.19 bits per heavy atom.